The predicted octanol–water partition coefficient (Wildman–Crippen LogP) is 2.12. The van der Waals surface area contributed by atoms with E-state index in [2.05, 4.69) is 5.32 Å². The monoisotopic (exact) mass is 346 g/mol. The normalized spacial score (nSPS) is 15.8. The van der Waals surface area contributed by atoms with Crippen molar-refractivity contribution in [2.75, 3.05) is 33.5 Å². The first-order valence-corrected chi connectivity index (χ1v) is 8.53. The third-order valence-corrected chi connectivity index (χ3v) is 4.07. The van der Waals surface area contributed by atoms with Crippen molar-refractivity contribution in [1.82, 2.24) is 10.2 Å². The maximum absolute atomic E-state index is 12.3. The van der Waals surface area contributed by atoms with Crippen LogP contribution < -0.4 is 5.32 Å². The van der Waals surface area contributed by atoms with Crippen molar-refractivity contribution in [3.63, 3.8) is 0 Å². The van der Waals surface area contributed by atoms with Crippen LogP contribution >= 0.6 is 0 Å². The van der Waals surface area contributed by atoms with E-state index < -0.39 is 0 Å². The fourth-order valence-corrected chi connectivity index (χ4v) is 2.81. The Kier molecular flexibility index (Phi) is 7.63. The molecule has 0 radical (unpaired) electrons. The highest BCUT2D eigenvalue weighted by Gasteiger charge is 2.27. The molecule has 0 aliphatic carbocycles. The van der Waals surface area contributed by atoms with E-state index in [4.69, 9.17) is 9.47 Å². The van der Waals surface area contributed by atoms with E-state index in [9.17, 15) is 9.59 Å². The third kappa shape index (κ3) is 5.69. The molecule has 0 fully saturated rings. The van der Waals surface area contributed by atoms with Gasteiger partial charge in [-0.05, 0) is 23.6 Å². The molecular formula is C19H26N2O4. The zero-order valence-electron chi connectivity index (χ0n) is 14.9. The van der Waals surface area contributed by atoms with Gasteiger partial charge in [-0.15, -0.1) is 0 Å². The minimum Gasteiger partial charge on any atom is -0.382 e. The van der Waals surface area contributed by atoms with Crippen molar-refractivity contribution in [3.8, 4) is 0 Å². The van der Waals surface area contributed by atoms with Gasteiger partial charge in [-0.1, -0.05) is 24.3 Å². The summed E-state index contributed by atoms with van der Waals surface area (Å²) in [7, 11) is 1.63. The van der Waals surface area contributed by atoms with Gasteiger partial charge in [0.15, 0.2) is 0 Å². The summed E-state index contributed by atoms with van der Waals surface area (Å²) in [6.45, 7) is 3.78. The highest BCUT2D eigenvalue weighted by molar-refractivity contribution is 5.81. The van der Waals surface area contributed by atoms with E-state index >= 15 is 0 Å². The molecule has 1 heterocycles. The quantitative estimate of drug-likeness (QED) is 0.696. The predicted molar refractivity (Wildman–Crippen MR) is 95.7 cm³/mol. The van der Waals surface area contributed by atoms with Crippen LogP contribution in [0.25, 0.3) is 6.08 Å². The average Bonchev–Trinajstić information content (AvgIpc) is 2.61. The molecular weight excluding hydrogens is 320 g/mol. The molecule has 1 aliphatic heterocycles. The average molecular weight is 346 g/mol. The first-order chi connectivity index (χ1) is 12.1. The zero-order valence-corrected chi connectivity index (χ0v) is 14.9. The van der Waals surface area contributed by atoms with Crippen LogP contribution in [-0.4, -0.2) is 50.2 Å². The molecule has 1 aliphatic rings. The van der Waals surface area contributed by atoms with E-state index in [1.54, 1.807) is 18.2 Å². The number of amides is 2. The lowest BCUT2D eigenvalue weighted by atomic mass is 9.93. The molecule has 6 nitrogen and oxygen atoms in total. The minimum absolute atomic E-state index is 0.0711. The summed E-state index contributed by atoms with van der Waals surface area (Å²) in [6, 6.07) is 7.57. The number of benzene rings is 1. The van der Waals surface area contributed by atoms with Gasteiger partial charge in [0.25, 0.3) is 0 Å². The Morgan fingerprint density at radius 1 is 1.20 bits per heavy atom. The lowest BCUT2D eigenvalue weighted by molar-refractivity contribution is -0.129. The molecule has 2 amide bonds. The van der Waals surface area contributed by atoms with Gasteiger partial charge in [0.2, 0.25) is 11.8 Å². The smallest absolute Gasteiger partial charge is 0.223 e. The van der Waals surface area contributed by atoms with Gasteiger partial charge in [-0.3, -0.25) is 9.59 Å². The fourth-order valence-electron chi connectivity index (χ4n) is 2.81. The largest absolute Gasteiger partial charge is 0.382 e. The Labute approximate surface area is 148 Å². The summed E-state index contributed by atoms with van der Waals surface area (Å²) in [5.41, 5.74) is 2.04. The SMILES string of the molecule is COCCOCCCNC(=O)CC1c2ccccc2C=CN1C(C)=O. The second-order valence-corrected chi connectivity index (χ2v) is 5.90. The van der Waals surface area contributed by atoms with E-state index in [0.717, 1.165) is 17.5 Å². The number of nitrogens with one attached hydrogen (secondary N) is 1. The Hall–Kier alpha value is -2.18. The van der Waals surface area contributed by atoms with Crippen LogP contribution in [-0.2, 0) is 19.1 Å². The molecule has 6 heteroatoms. The molecule has 136 valence electrons. The minimum atomic E-state index is -0.267. The molecule has 1 aromatic rings. The molecule has 0 aromatic heterocycles. The van der Waals surface area contributed by atoms with Crippen molar-refractivity contribution >= 4 is 17.9 Å². The molecule has 0 spiro atoms. The van der Waals surface area contributed by atoms with Crippen LogP contribution in [0.2, 0.25) is 0 Å². The van der Waals surface area contributed by atoms with Gasteiger partial charge in [0.05, 0.1) is 25.7 Å². The molecule has 0 bridgehead atoms. The van der Waals surface area contributed by atoms with Crippen LogP contribution in [0.5, 0.6) is 0 Å². The van der Waals surface area contributed by atoms with Gasteiger partial charge in [-0.2, -0.15) is 0 Å². The zero-order chi connectivity index (χ0) is 18.1. The van der Waals surface area contributed by atoms with Crippen molar-refractivity contribution in [2.45, 2.75) is 25.8 Å². The van der Waals surface area contributed by atoms with Crippen molar-refractivity contribution in [1.29, 1.82) is 0 Å². The fraction of sp³-hybridized carbons (Fsp3) is 0.474. The Morgan fingerprint density at radius 2 is 2.00 bits per heavy atom. The number of rotatable bonds is 9. The second kappa shape index (κ2) is 9.96. The highest BCUT2D eigenvalue weighted by Crippen LogP contribution is 2.32. The van der Waals surface area contributed by atoms with Gasteiger partial charge >= 0.3 is 0 Å². The lowest BCUT2D eigenvalue weighted by Crippen LogP contribution is -2.35. The summed E-state index contributed by atoms with van der Waals surface area (Å²) in [4.78, 5) is 25.8. The second-order valence-electron chi connectivity index (χ2n) is 5.90. The van der Waals surface area contributed by atoms with Crippen LogP contribution in [0.15, 0.2) is 30.5 Å². The van der Waals surface area contributed by atoms with Crippen molar-refractivity contribution in [3.05, 3.63) is 41.6 Å². The summed E-state index contributed by atoms with van der Waals surface area (Å²) in [6.07, 6.45) is 4.65. The first-order valence-electron chi connectivity index (χ1n) is 8.53. The standard InChI is InChI=1S/C19H26N2O4/c1-15(22)21-10-8-16-6-3-4-7-17(16)18(21)14-19(23)20-9-5-11-25-13-12-24-2/h3-4,6-8,10,18H,5,9,11-14H2,1-2H3,(H,20,23). The van der Waals surface area contributed by atoms with Crippen LogP contribution in [0, 0.1) is 0 Å². The van der Waals surface area contributed by atoms with E-state index in [0.29, 0.717) is 26.4 Å². The van der Waals surface area contributed by atoms with E-state index in [-0.39, 0.29) is 24.3 Å². The molecule has 1 atom stereocenters. The number of hydrogen-bond donors (Lipinski definition) is 1. The summed E-state index contributed by atoms with van der Waals surface area (Å²) in [5, 5.41) is 2.90. The van der Waals surface area contributed by atoms with Crippen molar-refractivity contribution in [2.24, 2.45) is 0 Å². The number of carbonyl (C=O) groups is 2. The lowest BCUT2D eigenvalue weighted by Gasteiger charge is -2.32. The Balaban J connectivity index is 1.85. The molecule has 1 unspecified atom stereocenters. The van der Waals surface area contributed by atoms with Gasteiger partial charge in [0.1, 0.15) is 0 Å². The summed E-state index contributed by atoms with van der Waals surface area (Å²) < 4.78 is 10.3. The van der Waals surface area contributed by atoms with Crippen LogP contribution in [0.1, 0.15) is 36.9 Å². The first kappa shape index (κ1) is 19.1. The van der Waals surface area contributed by atoms with Gasteiger partial charge in [-0.25, -0.2) is 0 Å². The van der Waals surface area contributed by atoms with E-state index in [1.165, 1.54) is 6.92 Å². The van der Waals surface area contributed by atoms with Gasteiger partial charge < -0.3 is 19.7 Å². The van der Waals surface area contributed by atoms with Crippen LogP contribution in [0.3, 0.4) is 0 Å². The topological polar surface area (TPSA) is 67.9 Å². The molecule has 1 N–H and O–H groups in total. The Morgan fingerprint density at radius 3 is 2.76 bits per heavy atom. The number of nitrogens with zero attached hydrogens (tertiary/aromatic N) is 1. The molecule has 2 rings (SSSR count). The van der Waals surface area contributed by atoms with Crippen molar-refractivity contribution < 1.29 is 19.1 Å². The molecule has 1 aromatic carbocycles. The van der Waals surface area contributed by atoms with Gasteiger partial charge in [0, 0.05) is 33.4 Å². The number of carbonyl (C=O) groups excluding carboxylic acids is 2. The molecule has 0 saturated carbocycles. The number of ether oxygens (including phenoxy) is 2. The number of fused-ring (bicyclic) bond motifs is 1. The highest BCUT2D eigenvalue weighted by atomic mass is 16.5. The van der Waals surface area contributed by atoms with Crippen LogP contribution in [0.4, 0.5) is 0 Å². The maximum Gasteiger partial charge on any atom is 0.223 e. The summed E-state index contributed by atoms with van der Waals surface area (Å²) >= 11 is 0. The van der Waals surface area contributed by atoms with E-state index in [1.807, 2.05) is 30.3 Å². The number of methoxy groups -OCH3 is 1. The summed E-state index contributed by atoms with van der Waals surface area (Å²) in [5.74, 6) is -0.145. The number of hydrogen-bond acceptors (Lipinski definition) is 4. The third-order valence-electron chi connectivity index (χ3n) is 4.07. The molecule has 0 saturated heterocycles. The molecule has 25 heavy (non-hydrogen) atoms. The Bertz CT molecular complexity index is 615. The maximum atomic E-state index is 12.3.